The fourth-order valence-corrected chi connectivity index (χ4v) is 2.75. The van der Waals surface area contributed by atoms with Crippen molar-refractivity contribution in [3.05, 3.63) is 65.5 Å². The van der Waals surface area contributed by atoms with Gasteiger partial charge in [-0.05, 0) is 43.5 Å². The van der Waals surface area contributed by atoms with E-state index in [-0.39, 0.29) is 11.8 Å². The van der Waals surface area contributed by atoms with Gasteiger partial charge in [-0.15, -0.1) is 0 Å². The number of carbonyl (C=O) groups is 1. The van der Waals surface area contributed by atoms with Crippen LogP contribution < -0.4 is 10.6 Å². The molecule has 2 aromatic carbocycles. The molecule has 0 atom stereocenters. The Bertz CT molecular complexity index is 729. The van der Waals surface area contributed by atoms with Gasteiger partial charge in [0.1, 0.15) is 5.82 Å². The zero-order chi connectivity index (χ0) is 17.0. The quantitative estimate of drug-likeness (QED) is 0.836. The third-order valence-electron chi connectivity index (χ3n) is 4.21. The lowest BCUT2D eigenvalue weighted by Gasteiger charge is -2.19. The predicted molar refractivity (Wildman–Crippen MR) is 91.2 cm³/mol. The van der Waals surface area contributed by atoms with Crippen molar-refractivity contribution in [1.82, 2.24) is 5.32 Å². The Kier molecular flexibility index (Phi) is 4.81. The van der Waals surface area contributed by atoms with E-state index in [1.165, 1.54) is 12.1 Å². The van der Waals surface area contributed by atoms with Crippen molar-refractivity contribution in [3.63, 3.8) is 0 Å². The Morgan fingerprint density at radius 3 is 2.71 bits per heavy atom. The highest BCUT2D eigenvalue weighted by molar-refractivity contribution is 5.91. The lowest BCUT2D eigenvalue weighted by Crippen LogP contribution is -2.38. The van der Waals surface area contributed by atoms with Crippen LogP contribution in [0.15, 0.2) is 48.5 Å². The van der Waals surface area contributed by atoms with E-state index in [1.54, 1.807) is 6.07 Å². The van der Waals surface area contributed by atoms with Crippen molar-refractivity contribution in [3.8, 4) is 0 Å². The van der Waals surface area contributed by atoms with Crippen LogP contribution in [0, 0.1) is 5.82 Å². The van der Waals surface area contributed by atoms with Gasteiger partial charge in [-0.2, -0.15) is 0 Å². The molecule has 1 aliphatic carbocycles. The molecule has 0 unspecified atom stereocenters. The van der Waals surface area contributed by atoms with E-state index in [0.717, 1.165) is 29.7 Å². The Labute approximate surface area is 141 Å². The third-order valence-corrected chi connectivity index (χ3v) is 4.21. The number of rotatable bonds is 6. The lowest BCUT2D eigenvalue weighted by molar-refractivity contribution is 0.134. The molecule has 4 nitrogen and oxygen atoms in total. The van der Waals surface area contributed by atoms with Gasteiger partial charge >= 0.3 is 6.03 Å². The average Bonchev–Trinajstić information content (AvgIpc) is 3.35. The van der Waals surface area contributed by atoms with Crippen LogP contribution in [0.3, 0.4) is 0 Å². The summed E-state index contributed by atoms with van der Waals surface area (Å²) >= 11 is 0. The van der Waals surface area contributed by atoms with Crippen molar-refractivity contribution in [1.29, 1.82) is 0 Å². The molecule has 0 bridgehead atoms. The van der Waals surface area contributed by atoms with Crippen LogP contribution in [0.4, 0.5) is 14.9 Å². The Morgan fingerprint density at radius 2 is 2.00 bits per heavy atom. The zero-order valence-electron chi connectivity index (χ0n) is 13.6. The summed E-state index contributed by atoms with van der Waals surface area (Å²) in [5.41, 5.74) is 1.99. The second-order valence-corrected chi connectivity index (χ2v) is 5.97. The minimum absolute atomic E-state index is 0.289. The molecule has 24 heavy (non-hydrogen) atoms. The number of para-hydroxylation sites is 1. The monoisotopic (exact) mass is 328 g/mol. The third kappa shape index (κ3) is 3.74. The Hall–Kier alpha value is -2.40. The van der Waals surface area contributed by atoms with Crippen molar-refractivity contribution in [2.24, 2.45) is 0 Å². The highest BCUT2D eigenvalue weighted by atomic mass is 19.1. The lowest BCUT2D eigenvalue weighted by atomic mass is 10.1. The molecule has 0 aromatic heterocycles. The molecule has 3 rings (SSSR count). The van der Waals surface area contributed by atoms with Crippen LogP contribution in [0.5, 0.6) is 0 Å². The molecule has 0 aliphatic heterocycles. The average molecular weight is 328 g/mol. The van der Waals surface area contributed by atoms with Crippen molar-refractivity contribution >= 4 is 11.7 Å². The van der Waals surface area contributed by atoms with Crippen LogP contribution >= 0.6 is 0 Å². The molecule has 2 aromatic rings. The number of carbonyl (C=O) groups excluding carboxylic acids is 1. The number of anilines is 1. The number of hydrogen-bond donors (Lipinski definition) is 2. The van der Waals surface area contributed by atoms with Gasteiger partial charge in [-0.1, -0.05) is 30.3 Å². The maximum Gasteiger partial charge on any atom is 0.319 e. The first-order valence-electron chi connectivity index (χ1n) is 8.14. The topological polar surface area (TPSA) is 50.4 Å². The SMILES string of the molecule is CCOCc1ccccc1NC(=O)NC1(c2cccc(F)c2)CC1. The first-order chi connectivity index (χ1) is 11.6. The molecule has 0 heterocycles. The van der Waals surface area contributed by atoms with Gasteiger partial charge in [-0.25, -0.2) is 9.18 Å². The molecule has 2 amide bonds. The second kappa shape index (κ2) is 7.01. The Balaban J connectivity index is 1.68. The summed E-state index contributed by atoms with van der Waals surface area (Å²) in [5.74, 6) is -0.289. The first kappa shape index (κ1) is 16.5. The Morgan fingerprint density at radius 1 is 1.21 bits per heavy atom. The number of ether oxygens (including phenoxy) is 1. The maximum absolute atomic E-state index is 13.4. The van der Waals surface area contributed by atoms with E-state index in [1.807, 2.05) is 37.3 Å². The molecular formula is C19H21FN2O2. The highest BCUT2D eigenvalue weighted by Gasteiger charge is 2.45. The molecule has 0 spiro atoms. The maximum atomic E-state index is 13.4. The van der Waals surface area contributed by atoms with Crippen molar-refractivity contribution < 1.29 is 13.9 Å². The fraction of sp³-hybridized carbons (Fsp3) is 0.316. The van der Waals surface area contributed by atoms with E-state index < -0.39 is 5.54 Å². The summed E-state index contributed by atoms with van der Waals surface area (Å²) in [6.45, 7) is 2.99. The molecular weight excluding hydrogens is 307 g/mol. The van der Waals surface area contributed by atoms with Crippen LogP contribution in [0.1, 0.15) is 30.9 Å². The fourth-order valence-electron chi connectivity index (χ4n) is 2.75. The van der Waals surface area contributed by atoms with E-state index in [0.29, 0.717) is 13.2 Å². The minimum Gasteiger partial charge on any atom is -0.377 e. The summed E-state index contributed by atoms with van der Waals surface area (Å²) in [4.78, 5) is 12.4. The molecule has 1 saturated carbocycles. The zero-order valence-corrected chi connectivity index (χ0v) is 13.6. The van der Waals surface area contributed by atoms with Crippen LogP contribution in [0.25, 0.3) is 0 Å². The molecule has 1 aliphatic rings. The normalized spacial score (nSPS) is 14.9. The second-order valence-electron chi connectivity index (χ2n) is 5.97. The summed E-state index contributed by atoms with van der Waals surface area (Å²) in [6.07, 6.45) is 1.62. The smallest absolute Gasteiger partial charge is 0.319 e. The van der Waals surface area contributed by atoms with Gasteiger partial charge < -0.3 is 15.4 Å². The summed E-state index contributed by atoms with van der Waals surface area (Å²) in [7, 11) is 0. The number of benzene rings is 2. The molecule has 0 radical (unpaired) electrons. The first-order valence-corrected chi connectivity index (χ1v) is 8.14. The largest absolute Gasteiger partial charge is 0.377 e. The summed E-state index contributed by atoms with van der Waals surface area (Å²) in [5, 5.41) is 5.86. The van der Waals surface area contributed by atoms with Crippen LogP contribution in [-0.4, -0.2) is 12.6 Å². The summed E-state index contributed by atoms with van der Waals surface area (Å²) in [6, 6.07) is 13.7. The minimum atomic E-state index is -0.457. The van der Waals surface area contributed by atoms with E-state index in [4.69, 9.17) is 4.74 Å². The van der Waals surface area contributed by atoms with Crippen molar-refractivity contribution in [2.45, 2.75) is 31.9 Å². The van der Waals surface area contributed by atoms with E-state index in [2.05, 4.69) is 10.6 Å². The standard InChI is InChI=1S/C19H21FN2O2/c1-2-24-13-14-6-3-4-9-17(14)21-18(23)22-19(10-11-19)15-7-5-8-16(20)12-15/h3-9,12H,2,10-11,13H2,1H3,(H2,21,22,23). The molecule has 0 saturated heterocycles. The van der Waals surface area contributed by atoms with E-state index >= 15 is 0 Å². The molecule has 2 N–H and O–H groups in total. The van der Waals surface area contributed by atoms with Gasteiger partial charge in [0, 0.05) is 17.9 Å². The molecule has 1 fully saturated rings. The van der Waals surface area contributed by atoms with Gasteiger partial charge in [0.15, 0.2) is 0 Å². The summed E-state index contributed by atoms with van der Waals surface area (Å²) < 4.78 is 18.9. The highest BCUT2D eigenvalue weighted by Crippen LogP contribution is 2.45. The van der Waals surface area contributed by atoms with E-state index in [9.17, 15) is 9.18 Å². The van der Waals surface area contributed by atoms with Gasteiger partial charge in [0.2, 0.25) is 0 Å². The number of nitrogens with one attached hydrogen (secondary N) is 2. The van der Waals surface area contributed by atoms with Crippen molar-refractivity contribution in [2.75, 3.05) is 11.9 Å². The number of urea groups is 1. The predicted octanol–water partition coefficient (Wildman–Crippen LogP) is 4.17. The molecule has 126 valence electrons. The number of halogens is 1. The van der Waals surface area contributed by atoms with Gasteiger partial charge in [-0.3, -0.25) is 0 Å². The number of hydrogen-bond acceptors (Lipinski definition) is 2. The van der Waals surface area contributed by atoms with Crippen LogP contribution in [0.2, 0.25) is 0 Å². The van der Waals surface area contributed by atoms with Gasteiger partial charge in [0.25, 0.3) is 0 Å². The molecule has 5 heteroatoms. The van der Waals surface area contributed by atoms with Crippen LogP contribution in [-0.2, 0) is 16.9 Å². The number of amides is 2. The van der Waals surface area contributed by atoms with Gasteiger partial charge in [0.05, 0.1) is 12.1 Å².